The third kappa shape index (κ3) is 33.8. The highest BCUT2D eigenvalue weighted by Gasteiger charge is 2.22. The van der Waals surface area contributed by atoms with Crippen LogP contribution in [-0.2, 0) is 28.2 Å². The number of phosphoric ester groups is 1. The molecule has 256 valence electrons. The highest BCUT2D eigenvalue weighted by atomic mass is 31.2. The van der Waals surface area contributed by atoms with E-state index in [4.69, 9.17) is 19.3 Å². The van der Waals surface area contributed by atoms with E-state index < -0.39 is 32.5 Å². The number of ether oxygens (including phenoxy) is 2. The van der Waals surface area contributed by atoms with E-state index in [0.29, 0.717) is 6.42 Å². The topological polar surface area (TPSA) is 119 Å². The van der Waals surface area contributed by atoms with Crippen LogP contribution in [0.5, 0.6) is 0 Å². The smallest absolute Gasteiger partial charge is 0.462 e. The Hall–Kier alpha value is -0.950. The summed E-state index contributed by atoms with van der Waals surface area (Å²) in [6.45, 7) is 3.65. The Kier molecular flexibility index (Phi) is 30.4. The van der Waals surface area contributed by atoms with Crippen LogP contribution in [0.3, 0.4) is 0 Å². The largest absolute Gasteiger partial charge is 0.469 e. The van der Waals surface area contributed by atoms with Crippen LogP contribution in [0.4, 0.5) is 0 Å². The second-order valence-electron chi connectivity index (χ2n) is 12.2. The molecule has 0 spiro atoms. The van der Waals surface area contributed by atoms with Crippen molar-refractivity contribution < 1.29 is 37.9 Å². The van der Waals surface area contributed by atoms with Gasteiger partial charge in [0.1, 0.15) is 6.61 Å². The van der Waals surface area contributed by atoms with Crippen molar-refractivity contribution >= 4 is 19.8 Å². The van der Waals surface area contributed by atoms with Gasteiger partial charge in [-0.25, -0.2) is 4.57 Å². The van der Waals surface area contributed by atoms with Crippen LogP contribution in [0, 0.1) is 0 Å². The van der Waals surface area contributed by atoms with Crippen LogP contribution >= 0.6 is 7.82 Å². The van der Waals surface area contributed by atoms with Gasteiger partial charge < -0.3 is 19.3 Å². The van der Waals surface area contributed by atoms with Crippen LogP contribution in [0.2, 0.25) is 0 Å². The number of phosphoric acid groups is 1. The monoisotopic (exact) mass is 634 g/mol. The van der Waals surface area contributed by atoms with Crippen LogP contribution < -0.4 is 0 Å². The van der Waals surface area contributed by atoms with E-state index in [1.165, 1.54) is 122 Å². The van der Waals surface area contributed by atoms with Crippen molar-refractivity contribution in [2.75, 3.05) is 13.2 Å². The van der Waals surface area contributed by atoms with Crippen molar-refractivity contribution in [3.05, 3.63) is 0 Å². The normalized spacial score (nSPS) is 12.4. The molecule has 0 saturated carbocycles. The van der Waals surface area contributed by atoms with E-state index in [9.17, 15) is 14.2 Å². The Morgan fingerprint density at radius 2 is 0.837 bits per heavy atom. The summed E-state index contributed by atoms with van der Waals surface area (Å²) in [5, 5.41) is 0. The Morgan fingerprint density at radius 1 is 0.512 bits per heavy atom. The number of hydrogen-bond acceptors (Lipinski definition) is 6. The van der Waals surface area contributed by atoms with Gasteiger partial charge in [0.25, 0.3) is 0 Å². The van der Waals surface area contributed by atoms with Gasteiger partial charge in [-0.15, -0.1) is 0 Å². The lowest BCUT2D eigenvalue weighted by molar-refractivity contribution is -0.161. The fourth-order valence-corrected chi connectivity index (χ4v) is 5.56. The van der Waals surface area contributed by atoms with Crippen molar-refractivity contribution in [3.8, 4) is 0 Å². The molecular weight excluding hydrogens is 567 g/mol. The number of rotatable bonds is 33. The first-order chi connectivity index (χ1) is 20.8. The second kappa shape index (κ2) is 31.0. The van der Waals surface area contributed by atoms with Crippen LogP contribution in [0.25, 0.3) is 0 Å². The second-order valence-corrected chi connectivity index (χ2v) is 13.5. The summed E-state index contributed by atoms with van der Waals surface area (Å²) >= 11 is 0. The highest BCUT2D eigenvalue weighted by molar-refractivity contribution is 7.46. The summed E-state index contributed by atoms with van der Waals surface area (Å²) in [6, 6.07) is 0. The molecule has 0 amide bonds. The first kappa shape index (κ1) is 42.0. The van der Waals surface area contributed by atoms with Gasteiger partial charge in [-0.05, 0) is 12.8 Å². The minimum Gasteiger partial charge on any atom is -0.462 e. The predicted molar refractivity (Wildman–Crippen MR) is 175 cm³/mol. The standard InChI is InChI=1S/C34H67O8P/c1-3-5-7-9-11-13-14-15-16-17-18-19-20-21-23-25-27-29-34(36)42-32(31-41-43(37,38)39)30-40-33(35)28-26-24-22-12-10-8-6-4-2/h32H,3-31H2,1-2H3,(H2,37,38,39)/t32-/m1/s1. The van der Waals surface area contributed by atoms with E-state index in [-0.39, 0.29) is 19.4 Å². The SMILES string of the molecule is CCCCCCCCCCCCCCCCCCCC(=O)O[C@H](COC(=O)CCCCCCCCCC)COP(=O)(O)O. The third-order valence-electron chi connectivity index (χ3n) is 7.88. The van der Waals surface area contributed by atoms with E-state index in [2.05, 4.69) is 18.4 Å². The third-order valence-corrected chi connectivity index (χ3v) is 8.36. The van der Waals surface area contributed by atoms with Gasteiger partial charge in [0.2, 0.25) is 0 Å². The fraction of sp³-hybridized carbons (Fsp3) is 0.941. The molecule has 0 heterocycles. The molecule has 0 radical (unpaired) electrons. The molecule has 0 aromatic heterocycles. The van der Waals surface area contributed by atoms with Crippen molar-refractivity contribution in [1.82, 2.24) is 0 Å². The molecule has 0 saturated heterocycles. The van der Waals surface area contributed by atoms with E-state index in [0.717, 1.165) is 32.1 Å². The van der Waals surface area contributed by atoms with E-state index in [1.807, 2.05) is 0 Å². The molecule has 0 aromatic carbocycles. The first-order valence-electron chi connectivity index (χ1n) is 17.8. The van der Waals surface area contributed by atoms with Crippen LogP contribution in [-0.4, -0.2) is 41.0 Å². The molecule has 9 heteroatoms. The highest BCUT2D eigenvalue weighted by Crippen LogP contribution is 2.36. The molecule has 0 fully saturated rings. The maximum atomic E-state index is 12.3. The summed E-state index contributed by atoms with van der Waals surface area (Å²) in [5.41, 5.74) is 0. The number of unbranched alkanes of at least 4 members (excludes halogenated alkanes) is 23. The molecule has 0 aliphatic rings. The molecule has 2 N–H and O–H groups in total. The van der Waals surface area contributed by atoms with Gasteiger partial charge in [0, 0.05) is 12.8 Å². The summed E-state index contributed by atoms with van der Waals surface area (Å²) in [4.78, 5) is 42.4. The van der Waals surface area contributed by atoms with Gasteiger partial charge in [-0.1, -0.05) is 162 Å². The Labute approximate surface area is 264 Å². The molecule has 0 aliphatic carbocycles. The van der Waals surface area contributed by atoms with Crippen molar-refractivity contribution in [2.45, 2.75) is 193 Å². The van der Waals surface area contributed by atoms with E-state index in [1.54, 1.807) is 0 Å². The molecule has 0 unspecified atom stereocenters. The zero-order valence-corrected chi connectivity index (χ0v) is 28.8. The lowest BCUT2D eigenvalue weighted by atomic mass is 10.0. The molecular formula is C34H67O8P. The number of esters is 2. The average Bonchev–Trinajstić information content (AvgIpc) is 2.97. The predicted octanol–water partition coefficient (Wildman–Crippen LogP) is 10.1. The zero-order chi connectivity index (χ0) is 31.9. The maximum Gasteiger partial charge on any atom is 0.469 e. The maximum absolute atomic E-state index is 12.3. The average molecular weight is 635 g/mol. The minimum absolute atomic E-state index is 0.219. The first-order valence-corrected chi connectivity index (χ1v) is 19.4. The molecule has 1 atom stereocenters. The molecule has 8 nitrogen and oxygen atoms in total. The number of carbonyl (C=O) groups excluding carboxylic acids is 2. The summed E-state index contributed by atoms with van der Waals surface area (Å²) in [6.07, 6.45) is 29.8. The fourth-order valence-electron chi connectivity index (χ4n) is 5.20. The van der Waals surface area contributed by atoms with Crippen LogP contribution in [0.15, 0.2) is 0 Å². The molecule has 43 heavy (non-hydrogen) atoms. The summed E-state index contributed by atoms with van der Waals surface area (Å²) < 4.78 is 26.2. The van der Waals surface area contributed by atoms with E-state index >= 15 is 0 Å². The van der Waals surface area contributed by atoms with Gasteiger partial charge in [0.15, 0.2) is 6.10 Å². The minimum atomic E-state index is -4.73. The summed E-state index contributed by atoms with van der Waals surface area (Å²) in [7, 11) is -4.73. The quantitative estimate of drug-likeness (QED) is 0.0416. The van der Waals surface area contributed by atoms with Gasteiger partial charge in [-0.3, -0.25) is 14.1 Å². The zero-order valence-electron chi connectivity index (χ0n) is 27.9. The Bertz CT molecular complexity index is 681. The molecule has 0 bridgehead atoms. The summed E-state index contributed by atoms with van der Waals surface area (Å²) in [5.74, 6) is -0.879. The molecule has 0 aliphatic heterocycles. The van der Waals surface area contributed by atoms with Gasteiger partial charge in [-0.2, -0.15) is 0 Å². The van der Waals surface area contributed by atoms with Gasteiger partial charge in [0.05, 0.1) is 6.61 Å². The lowest BCUT2D eigenvalue weighted by Crippen LogP contribution is -2.29. The van der Waals surface area contributed by atoms with Crippen molar-refractivity contribution in [2.24, 2.45) is 0 Å². The van der Waals surface area contributed by atoms with Crippen molar-refractivity contribution in [3.63, 3.8) is 0 Å². The Morgan fingerprint density at radius 3 is 1.19 bits per heavy atom. The van der Waals surface area contributed by atoms with Gasteiger partial charge >= 0.3 is 19.8 Å². The molecule has 0 rings (SSSR count). The lowest BCUT2D eigenvalue weighted by Gasteiger charge is -2.18. The number of hydrogen-bond donors (Lipinski definition) is 2. The molecule has 0 aromatic rings. The number of carbonyl (C=O) groups is 2. The van der Waals surface area contributed by atoms with Crippen molar-refractivity contribution in [1.29, 1.82) is 0 Å². The van der Waals surface area contributed by atoms with Crippen LogP contribution in [0.1, 0.15) is 187 Å². The Balaban J connectivity index is 3.89.